The molecule has 0 spiro atoms. The molecule has 0 unspecified atom stereocenters. The molecule has 0 bridgehead atoms. The summed E-state index contributed by atoms with van der Waals surface area (Å²) in [5.74, 6) is 0.637. The van der Waals surface area contributed by atoms with Crippen molar-refractivity contribution in [2.24, 2.45) is 0 Å². The number of pyridine rings is 1. The summed E-state index contributed by atoms with van der Waals surface area (Å²) in [5.41, 5.74) is 2.48. The number of nitrogens with one attached hydrogen (secondary N) is 1. The predicted molar refractivity (Wildman–Crippen MR) is 82.9 cm³/mol. The van der Waals surface area contributed by atoms with Crippen LogP contribution in [-0.4, -0.2) is 18.0 Å². The summed E-state index contributed by atoms with van der Waals surface area (Å²) in [6, 6.07) is 11.2. The van der Waals surface area contributed by atoms with Crippen molar-refractivity contribution in [1.29, 1.82) is 0 Å². The maximum Gasteiger partial charge on any atom is 0.287 e. The number of aromatic nitrogens is 1. The second-order valence-corrected chi connectivity index (χ2v) is 4.94. The largest absolute Gasteiger partial charge is 0.481 e. The van der Waals surface area contributed by atoms with Crippen LogP contribution in [0.15, 0.2) is 47.0 Å². The lowest BCUT2D eigenvalue weighted by Crippen LogP contribution is -2.23. The zero-order valence-electron chi connectivity index (χ0n) is 12.4. The van der Waals surface area contributed by atoms with E-state index < -0.39 is 0 Å². The molecule has 0 saturated heterocycles. The van der Waals surface area contributed by atoms with Gasteiger partial charge in [-0.15, -0.1) is 0 Å². The van der Waals surface area contributed by atoms with E-state index in [1.165, 1.54) is 0 Å². The maximum absolute atomic E-state index is 12.3. The number of amides is 1. The third-order valence-electron chi connectivity index (χ3n) is 3.51. The molecule has 0 saturated carbocycles. The van der Waals surface area contributed by atoms with Crippen LogP contribution in [0.2, 0.25) is 0 Å². The topological polar surface area (TPSA) is 64.4 Å². The Balaban J connectivity index is 1.77. The number of carbonyl (C=O) groups is 1. The van der Waals surface area contributed by atoms with Gasteiger partial charge in [0.2, 0.25) is 5.88 Å². The standard InChI is InChI=1S/C17H16N2O3/c1-11-13-5-3-4-6-14(13)22-16(11)17(20)19-10-12-7-8-18-15(9-12)21-2/h3-9H,10H2,1-2H3,(H,19,20). The van der Waals surface area contributed by atoms with Crippen molar-refractivity contribution in [3.05, 3.63) is 59.5 Å². The molecule has 3 rings (SSSR count). The van der Waals surface area contributed by atoms with E-state index in [1.54, 1.807) is 19.4 Å². The van der Waals surface area contributed by atoms with Crippen LogP contribution in [-0.2, 0) is 6.54 Å². The summed E-state index contributed by atoms with van der Waals surface area (Å²) < 4.78 is 10.7. The molecular formula is C17H16N2O3. The smallest absolute Gasteiger partial charge is 0.287 e. The average molecular weight is 296 g/mol. The van der Waals surface area contributed by atoms with Crippen LogP contribution in [0.3, 0.4) is 0 Å². The molecule has 0 fully saturated rings. The minimum Gasteiger partial charge on any atom is -0.481 e. The monoisotopic (exact) mass is 296 g/mol. The second kappa shape index (κ2) is 5.89. The van der Waals surface area contributed by atoms with E-state index in [0.29, 0.717) is 18.2 Å². The number of fused-ring (bicyclic) bond motifs is 1. The third kappa shape index (κ3) is 2.65. The van der Waals surface area contributed by atoms with Gasteiger partial charge >= 0.3 is 0 Å². The van der Waals surface area contributed by atoms with Crippen LogP contribution in [0.5, 0.6) is 5.88 Å². The first kappa shape index (κ1) is 14.1. The Labute approximate surface area is 127 Å². The lowest BCUT2D eigenvalue weighted by Gasteiger charge is -2.05. The Kier molecular flexibility index (Phi) is 3.78. The summed E-state index contributed by atoms with van der Waals surface area (Å²) in [6.45, 7) is 2.27. The zero-order chi connectivity index (χ0) is 15.5. The zero-order valence-corrected chi connectivity index (χ0v) is 12.4. The molecule has 1 aromatic carbocycles. The van der Waals surface area contributed by atoms with Gasteiger partial charge in [-0.3, -0.25) is 4.79 Å². The molecular weight excluding hydrogens is 280 g/mol. The SMILES string of the molecule is COc1cc(CNC(=O)c2oc3ccccc3c2C)ccn1. The number of nitrogens with zero attached hydrogens (tertiary/aromatic N) is 1. The molecule has 3 aromatic rings. The van der Waals surface area contributed by atoms with E-state index in [4.69, 9.17) is 9.15 Å². The first-order valence-electron chi connectivity index (χ1n) is 6.94. The van der Waals surface area contributed by atoms with Crippen molar-refractivity contribution in [2.45, 2.75) is 13.5 Å². The Morgan fingerprint density at radius 2 is 2.14 bits per heavy atom. The Bertz CT molecular complexity index is 824. The number of hydrogen-bond donors (Lipinski definition) is 1. The van der Waals surface area contributed by atoms with Gasteiger partial charge < -0.3 is 14.5 Å². The molecule has 0 atom stereocenters. The van der Waals surface area contributed by atoms with Crippen LogP contribution in [0.4, 0.5) is 0 Å². The molecule has 1 amide bonds. The molecule has 0 aliphatic carbocycles. The molecule has 2 heterocycles. The van der Waals surface area contributed by atoms with Crippen LogP contribution >= 0.6 is 0 Å². The van der Waals surface area contributed by atoms with Crippen LogP contribution in [0.1, 0.15) is 21.7 Å². The van der Waals surface area contributed by atoms with E-state index in [1.807, 2.05) is 37.3 Å². The van der Waals surface area contributed by atoms with Crippen LogP contribution in [0, 0.1) is 6.92 Å². The highest BCUT2D eigenvalue weighted by Gasteiger charge is 2.16. The first-order valence-corrected chi connectivity index (χ1v) is 6.94. The third-order valence-corrected chi connectivity index (χ3v) is 3.51. The lowest BCUT2D eigenvalue weighted by molar-refractivity contribution is 0.0924. The summed E-state index contributed by atoms with van der Waals surface area (Å²) >= 11 is 0. The van der Waals surface area contributed by atoms with Crippen molar-refractivity contribution in [1.82, 2.24) is 10.3 Å². The fraction of sp³-hybridized carbons (Fsp3) is 0.176. The Hall–Kier alpha value is -2.82. The molecule has 1 N–H and O–H groups in total. The fourth-order valence-electron chi connectivity index (χ4n) is 2.33. The van der Waals surface area contributed by atoms with Crippen molar-refractivity contribution in [3.8, 4) is 5.88 Å². The van der Waals surface area contributed by atoms with Gasteiger partial charge in [0, 0.05) is 29.8 Å². The molecule has 0 aliphatic rings. The maximum atomic E-state index is 12.3. The van der Waals surface area contributed by atoms with E-state index in [2.05, 4.69) is 10.3 Å². The summed E-state index contributed by atoms with van der Waals surface area (Å²) in [7, 11) is 1.56. The highest BCUT2D eigenvalue weighted by Crippen LogP contribution is 2.24. The number of furan rings is 1. The highest BCUT2D eigenvalue weighted by molar-refractivity contribution is 5.98. The van der Waals surface area contributed by atoms with E-state index in [9.17, 15) is 4.79 Å². The van der Waals surface area contributed by atoms with Gasteiger partial charge in [-0.25, -0.2) is 4.98 Å². The Morgan fingerprint density at radius 3 is 2.91 bits per heavy atom. The van der Waals surface area contributed by atoms with Gasteiger partial charge in [-0.1, -0.05) is 18.2 Å². The first-order chi connectivity index (χ1) is 10.7. The molecule has 5 nitrogen and oxygen atoms in total. The van der Waals surface area contributed by atoms with Crippen LogP contribution in [0.25, 0.3) is 11.0 Å². The fourth-order valence-corrected chi connectivity index (χ4v) is 2.33. The van der Waals surface area contributed by atoms with Gasteiger partial charge in [0.05, 0.1) is 7.11 Å². The minimum absolute atomic E-state index is 0.232. The summed E-state index contributed by atoms with van der Waals surface area (Å²) in [4.78, 5) is 16.3. The summed E-state index contributed by atoms with van der Waals surface area (Å²) in [5, 5.41) is 3.81. The van der Waals surface area contributed by atoms with Crippen molar-refractivity contribution >= 4 is 16.9 Å². The number of methoxy groups -OCH3 is 1. The molecule has 0 aliphatic heterocycles. The van der Waals surface area contributed by atoms with E-state index in [-0.39, 0.29) is 5.91 Å². The minimum atomic E-state index is -0.232. The summed E-state index contributed by atoms with van der Waals surface area (Å²) in [6.07, 6.45) is 1.65. The normalized spacial score (nSPS) is 10.6. The van der Waals surface area contributed by atoms with Gasteiger partial charge in [0.15, 0.2) is 5.76 Å². The number of benzene rings is 1. The lowest BCUT2D eigenvalue weighted by atomic mass is 10.1. The van der Waals surface area contributed by atoms with Gasteiger partial charge in [-0.2, -0.15) is 0 Å². The number of aryl methyl sites for hydroxylation is 1. The molecule has 22 heavy (non-hydrogen) atoms. The predicted octanol–water partition coefficient (Wildman–Crippen LogP) is 3.07. The second-order valence-electron chi connectivity index (χ2n) is 4.94. The average Bonchev–Trinajstić information content (AvgIpc) is 2.90. The van der Waals surface area contributed by atoms with Crippen molar-refractivity contribution in [3.63, 3.8) is 0 Å². The van der Waals surface area contributed by atoms with Crippen molar-refractivity contribution < 1.29 is 13.9 Å². The quantitative estimate of drug-likeness (QED) is 0.803. The number of ether oxygens (including phenoxy) is 1. The number of hydrogen-bond acceptors (Lipinski definition) is 4. The van der Waals surface area contributed by atoms with Gasteiger partial charge in [0.25, 0.3) is 5.91 Å². The Morgan fingerprint density at radius 1 is 1.32 bits per heavy atom. The molecule has 5 heteroatoms. The number of para-hydroxylation sites is 1. The number of rotatable bonds is 4. The number of carbonyl (C=O) groups excluding carboxylic acids is 1. The van der Waals surface area contributed by atoms with Crippen molar-refractivity contribution in [2.75, 3.05) is 7.11 Å². The van der Waals surface area contributed by atoms with Crippen LogP contribution < -0.4 is 10.1 Å². The molecule has 2 aromatic heterocycles. The molecule has 0 radical (unpaired) electrons. The highest BCUT2D eigenvalue weighted by atomic mass is 16.5. The van der Waals surface area contributed by atoms with Gasteiger partial charge in [0.1, 0.15) is 5.58 Å². The molecule has 112 valence electrons. The van der Waals surface area contributed by atoms with E-state index in [0.717, 1.165) is 22.1 Å². The van der Waals surface area contributed by atoms with Gasteiger partial charge in [-0.05, 0) is 24.6 Å². The van der Waals surface area contributed by atoms with E-state index >= 15 is 0 Å².